The molecule has 2 aromatic carbocycles. The minimum atomic E-state index is -0.184. The number of anilines is 2. The topological polar surface area (TPSA) is 55.1 Å². The van der Waals surface area contributed by atoms with Crippen LogP contribution in [-0.2, 0) is 0 Å². The van der Waals surface area contributed by atoms with Crippen LogP contribution in [0.25, 0.3) is 0 Å². The number of hydrogen-bond donors (Lipinski definition) is 2. The summed E-state index contributed by atoms with van der Waals surface area (Å²) in [6, 6.07) is 11.2. The van der Waals surface area contributed by atoms with E-state index >= 15 is 0 Å². The predicted molar refractivity (Wildman–Crippen MR) is 82.4 cm³/mol. The van der Waals surface area contributed by atoms with Crippen LogP contribution in [0.1, 0.15) is 21.5 Å². The molecule has 0 aliphatic rings. The first-order valence-electron chi connectivity index (χ1n) is 5.91. The highest BCUT2D eigenvalue weighted by Crippen LogP contribution is 2.23. The van der Waals surface area contributed by atoms with Crippen molar-refractivity contribution in [1.29, 1.82) is 0 Å². The van der Waals surface area contributed by atoms with Crippen LogP contribution in [0.15, 0.2) is 40.9 Å². The Labute approximate surface area is 121 Å². The largest absolute Gasteiger partial charge is 0.398 e. The summed E-state index contributed by atoms with van der Waals surface area (Å²) >= 11 is 3.40. The number of nitrogens with two attached hydrogens (primary N) is 1. The summed E-state index contributed by atoms with van der Waals surface area (Å²) in [7, 11) is 0. The highest BCUT2D eigenvalue weighted by molar-refractivity contribution is 9.10. The number of amides is 1. The van der Waals surface area contributed by atoms with Crippen LogP contribution in [-0.4, -0.2) is 5.91 Å². The molecule has 0 bridgehead atoms. The number of nitrogen functional groups attached to an aromatic ring is 1. The van der Waals surface area contributed by atoms with Crippen LogP contribution in [0.2, 0.25) is 0 Å². The average Bonchev–Trinajstić information content (AvgIpc) is 2.33. The van der Waals surface area contributed by atoms with E-state index in [0.29, 0.717) is 11.3 Å². The van der Waals surface area contributed by atoms with Gasteiger partial charge in [-0.25, -0.2) is 0 Å². The standard InChI is InChI=1S/C15H15BrN2O/c1-9-6-7-11(16)8-13(9)18-15(19)14-10(2)4-3-5-12(14)17/h3-8H,17H2,1-2H3,(H,18,19). The van der Waals surface area contributed by atoms with Gasteiger partial charge in [0.05, 0.1) is 5.56 Å². The number of benzene rings is 2. The summed E-state index contributed by atoms with van der Waals surface area (Å²) in [5, 5.41) is 2.90. The second kappa shape index (κ2) is 5.45. The molecule has 3 nitrogen and oxygen atoms in total. The number of aryl methyl sites for hydroxylation is 2. The number of hydrogen-bond acceptors (Lipinski definition) is 2. The molecule has 0 aliphatic heterocycles. The molecular formula is C15H15BrN2O. The van der Waals surface area contributed by atoms with Gasteiger partial charge in [-0.1, -0.05) is 34.1 Å². The van der Waals surface area contributed by atoms with Crippen molar-refractivity contribution < 1.29 is 4.79 Å². The maximum atomic E-state index is 12.3. The van der Waals surface area contributed by atoms with E-state index in [2.05, 4.69) is 21.2 Å². The Kier molecular flexibility index (Phi) is 3.90. The molecule has 0 spiro atoms. The van der Waals surface area contributed by atoms with E-state index in [9.17, 15) is 4.79 Å². The van der Waals surface area contributed by atoms with Crippen molar-refractivity contribution in [2.24, 2.45) is 0 Å². The molecule has 0 saturated heterocycles. The van der Waals surface area contributed by atoms with E-state index < -0.39 is 0 Å². The van der Waals surface area contributed by atoms with Gasteiger partial charge in [-0.3, -0.25) is 4.79 Å². The fraction of sp³-hybridized carbons (Fsp3) is 0.133. The quantitative estimate of drug-likeness (QED) is 0.825. The SMILES string of the molecule is Cc1ccc(Br)cc1NC(=O)c1c(C)cccc1N. The highest BCUT2D eigenvalue weighted by Gasteiger charge is 2.13. The summed E-state index contributed by atoms with van der Waals surface area (Å²) in [6.07, 6.45) is 0. The number of carbonyl (C=O) groups excluding carboxylic acids is 1. The van der Waals surface area contributed by atoms with Gasteiger partial charge < -0.3 is 11.1 Å². The molecule has 1 amide bonds. The Morgan fingerprint density at radius 2 is 1.89 bits per heavy atom. The lowest BCUT2D eigenvalue weighted by atomic mass is 10.1. The zero-order valence-electron chi connectivity index (χ0n) is 10.8. The van der Waals surface area contributed by atoms with E-state index in [4.69, 9.17) is 5.73 Å². The van der Waals surface area contributed by atoms with Crippen molar-refractivity contribution in [3.8, 4) is 0 Å². The predicted octanol–water partition coefficient (Wildman–Crippen LogP) is 3.90. The Balaban J connectivity index is 2.34. The van der Waals surface area contributed by atoms with E-state index in [1.165, 1.54) is 0 Å². The second-order valence-corrected chi connectivity index (χ2v) is 5.37. The van der Waals surface area contributed by atoms with Crippen molar-refractivity contribution in [2.75, 3.05) is 11.1 Å². The van der Waals surface area contributed by atoms with Gasteiger partial charge in [0.1, 0.15) is 0 Å². The van der Waals surface area contributed by atoms with Gasteiger partial charge in [-0.15, -0.1) is 0 Å². The van der Waals surface area contributed by atoms with Crippen molar-refractivity contribution in [3.05, 3.63) is 57.6 Å². The number of rotatable bonds is 2. The molecule has 4 heteroatoms. The van der Waals surface area contributed by atoms with Gasteiger partial charge in [-0.2, -0.15) is 0 Å². The maximum absolute atomic E-state index is 12.3. The first kappa shape index (κ1) is 13.6. The highest BCUT2D eigenvalue weighted by atomic mass is 79.9. The molecule has 0 atom stereocenters. The van der Waals surface area contributed by atoms with Gasteiger partial charge in [-0.05, 0) is 43.2 Å². The first-order valence-corrected chi connectivity index (χ1v) is 6.71. The summed E-state index contributed by atoms with van der Waals surface area (Å²) in [5.74, 6) is -0.184. The van der Waals surface area contributed by atoms with Gasteiger partial charge in [0.25, 0.3) is 5.91 Å². The molecule has 2 aromatic rings. The van der Waals surface area contributed by atoms with Crippen molar-refractivity contribution >= 4 is 33.2 Å². The zero-order valence-corrected chi connectivity index (χ0v) is 12.4. The molecule has 2 rings (SSSR count). The molecule has 0 heterocycles. The van der Waals surface area contributed by atoms with Crippen molar-refractivity contribution in [1.82, 2.24) is 0 Å². The Morgan fingerprint density at radius 3 is 2.58 bits per heavy atom. The smallest absolute Gasteiger partial charge is 0.258 e. The summed E-state index contributed by atoms with van der Waals surface area (Å²) in [4.78, 5) is 12.3. The molecule has 0 fully saturated rings. The van der Waals surface area contributed by atoms with E-state index in [-0.39, 0.29) is 5.91 Å². The van der Waals surface area contributed by atoms with E-state index in [1.807, 2.05) is 44.2 Å². The van der Waals surface area contributed by atoms with Crippen LogP contribution in [0.5, 0.6) is 0 Å². The summed E-state index contributed by atoms with van der Waals surface area (Å²) < 4.78 is 0.922. The Hall–Kier alpha value is -1.81. The Bertz CT molecular complexity index is 618. The molecule has 0 unspecified atom stereocenters. The van der Waals surface area contributed by atoms with E-state index in [1.54, 1.807) is 6.07 Å². The Morgan fingerprint density at radius 1 is 1.16 bits per heavy atom. The molecule has 0 radical (unpaired) electrons. The molecule has 19 heavy (non-hydrogen) atoms. The van der Waals surface area contributed by atoms with Crippen LogP contribution >= 0.6 is 15.9 Å². The van der Waals surface area contributed by atoms with Gasteiger partial charge >= 0.3 is 0 Å². The van der Waals surface area contributed by atoms with Gasteiger partial charge in [0.15, 0.2) is 0 Å². The summed E-state index contributed by atoms with van der Waals surface area (Å²) in [5.41, 5.74) is 9.54. The number of nitrogens with one attached hydrogen (secondary N) is 1. The molecule has 0 saturated carbocycles. The molecular weight excluding hydrogens is 304 g/mol. The third-order valence-electron chi connectivity index (χ3n) is 2.98. The first-order chi connectivity index (χ1) is 8.99. The fourth-order valence-electron chi connectivity index (χ4n) is 1.91. The zero-order chi connectivity index (χ0) is 14.0. The molecule has 0 aromatic heterocycles. The maximum Gasteiger partial charge on any atom is 0.258 e. The van der Waals surface area contributed by atoms with E-state index in [0.717, 1.165) is 21.3 Å². The number of carbonyl (C=O) groups is 1. The summed E-state index contributed by atoms with van der Waals surface area (Å²) in [6.45, 7) is 3.82. The minimum absolute atomic E-state index is 0.184. The van der Waals surface area contributed by atoms with Crippen molar-refractivity contribution in [3.63, 3.8) is 0 Å². The van der Waals surface area contributed by atoms with Gasteiger partial charge in [0, 0.05) is 15.8 Å². The minimum Gasteiger partial charge on any atom is -0.398 e. The van der Waals surface area contributed by atoms with Crippen LogP contribution in [0.3, 0.4) is 0 Å². The molecule has 98 valence electrons. The second-order valence-electron chi connectivity index (χ2n) is 4.45. The monoisotopic (exact) mass is 318 g/mol. The van der Waals surface area contributed by atoms with Crippen molar-refractivity contribution in [2.45, 2.75) is 13.8 Å². The lowest BCUT2D eigenvalue weighted by Crippen LogP contribution is -2.16. The van der Waals surface area contributed by atoms with Crippen LogP contribution in [0.4, 0.5) is 11.4 Å². The number of halogens is 1. The lowest BCUT2D eigenvalue weighted by molar-refractivity contribution is 0.102. The lowest BCUT2D eigenvalue weighted by Gasteiger charge is -2.12. The average molecular weight is 319 g/mol. The molecule has 3 N–H and O–H groups in total. The third kappa shape index (κ3) is 2.96. The van der Waals surface area contributed by atoms with Crippen LogP contribution in [0, 0.1) is 13.8 Å². The molecule has 0 aliphatic carbocycles. The van der Waals surface area contributed by atoms with Crippen LogP contribution < -0.4 is 11.1 Å². The van der Waals surface area contributed by atoms with Gasteiger partial charge in [0.2, 0.25) is 0 Å². The normalized spacial score (nSPS) is 10.3. The third-order valence-corrected chi connectivity index (χ3v) is 3.47. The fourth-order valence-corrected chi connectivity index (χ4v) is 2.28.